The molecule has 172 valence electrons. The van der Waals surface area contributed by atoms with Gasteiger partial charge in [-0.25, -0.2) is 12.8 Å². The van der Waals surface area contributed by atoms with E-state index < -0.39 is 21.4 Å². The molecule has 7 nitrogen and oxygen atoms in total. The highest BCUT2D eigenvalue weighted by Gasteiger charge is 2.15. The van der Waals surface area contributed by atoms with Gasteiger partial charge in [-0.3, -0.25) is 9.52 Å². The monoisotopic (exact) mass is 480 g/mol. The van der Waals surface area contributed by atoms with Crippen LogP contribution < -0.4 is 21.3 Å². The van der Waals surface area contributed by atoms with Crippen LogP contribution in [0.15, 0.2) is 77.6 Å². The number of aromatic nitrogens is 1. The van der Waals surface area contributed by atoms with Crippen molar-refractivity contribution >= 4 is 27.3 Å². The lowest BCUT2D eigenvalue weighted by Gasteiger charge is -2.14. The standard InChI is InChI=1S/C22H26ClFN4O3S/c1-3-19(24)20(11-12-25)26-13-4-14-28-16(2)5-10-21(22(28)29)27-32(30,31)15-17-6-8-18(23)9-7-17/h3,5-12,26-27H,1,4,13-15,25H2,2H3/b12-11-,20-19-. The van der Waals surface area contributed by atoms with Gasteiger partial charge in [-0.1, -0.05) is 30.3 Å². The average Bonchev–Trinajstić information content (AvgIpc) is 2.75. The third kappa shape index (κ3) is 7.28. The molecule has 1 heterocycles. The Bertz CT molecular complexity index is 1170. The number of halogens is 2. The molecule has 10 heteroatoms. The molecule has 0 radical (unpaired) electrons. The maximum absolute atomic E-state index is 13.7. The van der Waals surface area contributed by atoms with E-state index in [4.69, 9.17) is 17.3 Å². The van der Waals surface area contributed by atoms with Crippen LogP contribution in [0.2, 0.25) is 5.02 Å². The molecule has 0 spiro atoms. The van der Waals surface area contributed by atoms with Crippen LogP contribution in [-0.2, 0) is 22.3 Å². The number of allylic oxidation sites excluding steroid dienone is 3. The minimum absolute atomic E-state index is 0.0399. The third-order valence-electron chi connectivity index (χ3n) is 4.50. The fraction of sp³-hybridized carbons (Fsp3) is 0.227. The summed E-state index contributed by atoms with van der Waals surface area (Å²) in [5, 5.41) is 3.40. The molecule has 2 aromatic rings. The van der Waals surface area contributed by atoms with Crippen molar-refractivity contribution < 1.29 is 12.8 Å². The van der Waals surface area contributed by atoms with Crippen LogP contribution in [0, 0.1) is 6.92 Å². The Balaban J connectivity index is 2.09. The Hall–Kier alpha value is -3.04. The zero-order chi connectivity index (χ0) is 23.7. The molecular weight excluding hydrogens is 455 g/mol. The highest BCUT2D eigenvalue weighted by molar-refractivity contribution is 7.91. The van der Waals surface area contributed by atoms with Crippen molar-refractivity contribution in [1.29, 1.82) is 0 Å². The molecule has 0 bridgehead atoms. The quantitative estimate of drug-likeness (QED) is 0.337. The van der Waals surface area contributed by atoms with Gasteiger partial charge in [-0.15, -0.1) is 0 Å². The molecule has 2 rings (SSSR count). The SMILES string of the molecule is C=C/C(F)=C(\C=C/N)NCCCn1c(C)ccc(NS(=O)(=O)Cc2ccc(Cl)cc2)c1=O. The molecular formula is C22H26ClFN4O3S. The summed E-state index contributed by atoms with van der Waals surface area (Å²) in [6.45, 7) is 5.79. The van der Waals surface area contributed by atoms with Crippen LogP contribution in [0.5, 0.6) is 0 Å². The number of hydrogen-bond acceptors (Lipinski definition) is 5. The number of benzene rings is 1. The number of hydrogen-bond donors (Lipinski definition) is 3. The number of anilines is 1. The van der Waals surface area contributed by atoms with Crippen molar-refractivity contribution in [3.05, 3.63) is 99.5 Å². The maximum atomic E-state index is 13.7. The van der Waals surface area contributed by atoms with Gasteiger partial charge in [-0.2, -0.15) is 0 Å². The van der Waals surface area contributed by atoms with E-state index in [0.717, 1.165) is 6.08 Å². The largest absolute Gasteiger partial charge is 0.405 e. The highest BCUT2D eigenvalue weighted by Crippen LogP contribution is 2.14. The summed E-state index contributed by atoms with van der Waals surface area (Å²) in [6, 6.07) is 9.53. The lowest BCUT2D eigenvalue weighted by molar-refractivity contribution is 0.578. The van der Waals surface area contributed by atoms with E-state index in [9.17, 15) is 17.6 Å². The van der Waals surface area contributed by atoms with E-state index in [1.165, 1.54) is 22.9 Å². The first-order valence-electron chi connectivity index (χ1n) is 9.76. The van der Waals surface area contributed by atoms with E-state index >= 15 is 0 Å². The predicted molar refractivity (Wildman–Crippen MR) is 127 cm³/mol. The number of aryl methyl sites for hydroxylation is 1. The summed E-state index contributed by atoms with van der Waals surface area (Å²) < 4.78 is 42.6. The van der Waals surface area contributed by atoms with Gasteiger partial charge in [0.25, 0.3) is 5.56 Å². The van der Waals surface area contributed by atoms with Crippen LogP contribution >= 0.6 is 11.6 Å². The Kier molecular flexibility index (Phi) is 9.10. The second kappa shape index (κ2) is 11.5. The molecule has 0 fully saturated rings. The van der Waals surface area contributed by atoms with Crippen LogP contribution in [0.4, 0.5) is 10.1 Å². The normalized spacial score (nSPS) is 12.5. The van der Waals surface area contributed by atoms with Gasteiger partial charge in [0.2, 0.25) is 10.0 Å². The van der Waals surface area contributed by atoms with Gasteiger partial charge in [0.15, 0.2) is 0 Å². The van der Waals surface area contributed by atoms with Crippen LogP contribution in [-0.4, -0.2) is 19.5 Å². The van der Waals surface area contributed by atoms with Gasteiger partial charge >= 0.3 is 0 Å². The molecule has 0 aliphatic carbocycles. The smallest absolute Gasteiger partial charge is 0.275 e. The van der Waals surface area contributed by atoms with Crippen molar-refractivity contribution in [2.24, 2.45) is 5.73 Å². The van der Waals surface area contributed by atoms with Crippen LogP contribution in [0.25, 0.3) is 0 Å². The topological polar surface area (TPSA) is 106 Å². The average molecular weight is 481 g/mol. The van der Waals surface area contributed by atoms with Crippen molar-refractivity contribution in [3.63, 3.8) is 0 Å². The first kappa shape index (κ1) is 25.2. The molecule has 0 aliphatic rings. The van der Waals surface area contributed by atoms with Crippen molar-refractivity contribution in [1.82, 2.24) is 9.88 Å². The number of rotatable bonds is 11. The van der Waals surface area contributed by atoms with Gasteiger partial charge < -0.3 is 15.6 Å². The number of sulfonamides is 1. The minimum Gasteiger partial charge on any atom is -0.405 e. The number of nitrogens with zero attached hydrogens (tertiary/aromatic N) is 1. The molecule has 0 saturated carbocycles. The fourth-order valence-electron chi connectivity index (χ4n) is 2.92. The first-order chi connectivity index (χ1) is 15.2. The van der Waals surface area contributed by atoms with Gasteiger partial charge in [-0.05, 0) is 61.5 Å². The maximum Gasteiger partial charge on any atom is 0.275 e. The third-order valence-corrected chi connectivity index (χ3v) is 6.00. The zero-order valence-corrected chi connectivity index (χ0v) is 19.2. The molecule has 0 aliphatic heterocycles. The Morgan fingerprint density at radius 1 is 1.25 bits per heavy atom. The highest BCUT2D eigenvalue weighted by atomic mass is 35.5. The summed E-state index contributed by atoms with van der Waals surface area (Å²) in [5.74, 6) is -0.836. The molecule has 4 N–H and O–H groups in total. The number of nitrogens with one attached hydrogen (secondary N) is 2. The molecule has 0 atom stereocenters. The van der Waals surface area contributed by atoms with Crippen LogP contribution in [0.1, 0.15) is 17.7 Å². The predicted octanol–water partition coefficient (Wildman–Crippen LogP) is 3.57. The lowest BCUT2D eigenvalue weighted by atomic mass is 10.2. The second-order valence-electron chi connectivity index (χ2n) is 6.94. The second-order valence-corrected chi connectivity index (χ2v) is 9.10. The van der Waals surface area contributed by atoms with E-state index in [0.29, 0.717) is 35.8 Å². The van der Waals surface area contributed by atoms with E-state index in [-0.39, 0.29) is 17.1 Å². The number of pyridine rings is 1. The summed E-state index contributed by atoms with van der Waals surface area (Å²) in [7, 11) is -3.80. The lowest BCUT2D eigenvalue weighted by Crippen LogP contribution is -2.29. The Labute approximate surface area is 192 Å². The minimum atomic E-state index is -3.80. The molecule has 1 aromatic carbocycles. The Morgan fingerprint density at radius 3 is 2.56 bits per heavy atom. The van der Waals surface area contributed by atoms with Gasteiger partial charge in [0.05, 0.1) is 11.4 Å². The van der Waals surface area contributed by atoms with Crippen molar-refractivity contribution in [2.45, 2.75) is 25.6 Å². The van der Waals surface area contributed by atoms with Gasteiger partial charge in [0, 0.05) is 23.8 Å². The van der Waals surface area contributed by atoms with Gasteiger partial charge in [0.1, 0.15) is 11.5 Å². The summed E-state index contributed by atoms with van der Waals surface area (Å²) >= 11 is 5.83. The van der Waals surface area contributed by atoms with Crippen molar-refractivity contribution in [2.75, 3.05) is 11.3 Å². The summed E-state index contributed by atoms with van der Waals surface area (Å²) in [6.07, 6.45) is 4.13. The van der Waals surface area contributed by atoms with E-state index in [1.807, 2.05) is 0 Å². The summed E-state index contributed by atoms with van der Waals surface area (Å²) in [5.41, 5.74) is 6.22. The zero-order valence-electron chi connectivity index (χ0n) is 17.6. The Morgan fingerprint density at radius 2 is 1.94 bits per heavy atom. The van der Waals surface area contributed by atoms with E-state index in [2.05, 4.69) is 16.6 Å². The first-order valence-corrected chi connectivity index (χ1v) is 11.8. The van der Waals surface area contributed by atoms with Crippen molar-refractivity contribution in [3.8, 4) is 0 Å². The van der Waals surface area contributed by atoms with Crippen LogP contribution in [0.3, 0.4) is 0 Å². The summed E-state index contributed by atoms with van der Waals surface area (Å²) in [4.78, 5) is 12.8. The molecule has 0 saturated heterocycles. The number of nitrogens with two attached hydrogens (primary N) is 1. The molecule has 32 heavy (non-hydrogen) atoms. The molecule has 0 unspecified atom stereocenters. The van der Waals surface area contributed by atoms with E-state index in [1.54, 1.807) is 37.3 Å². The molecule has 0 amide bonds. The molecule has 1 aromatic heterocycles. The fourth-order valence-corrected chi connectivity index (χ4v) is 4.24.